The van der Waals surface area contributed by atoms with Gasteiger partial charge < -0.3 is 24.2 Å². The Kier molecular flexibility index (Phi) is 6.70. The highest BCUT2D eigenvalue weighted by Crippen LogP contribution is 2.46. The number of pyridine rings is 1. The smallest absolute Gasteiger partial charge is 0.295 e. The van der Waals surface area contributed by atoms with Gasteiger partial charge in [0.2, 0.25) is 5.75 Å². The van der Waals surface area contributed by atoms with Crippen molar-refractivity contribution in [3.63, 3.8) is 0 Å². The number of amides is 1. The number of aliphatic hydroxyl groups is 1. The second-order valence-electron chi connectivity index (χ2n) is 8.81. The lowest BCUT2D eigenvalue weighted by molar-refractivity contribution is -0.140. The van der Waals surface area contributed by atoms with Gasteiger partial charge in [0.15, 0.2) is 11.5 Å². The Hall–Kier alpha value is -4.85. The van der Waals surface area contributed by atoms with Crippen LogP contribution in [0.4, 0.5) is 0 Å². The monoisotopic (exact) mass is 510 g/mol. The molecular formula is C30H26N2O6. The first kappa shape index (κ1) is 24.8. The molecule has 5 rings (SSSR count). The minimum Gasteiger partial charge on any atom is -0.507 e. The van der Waals surface area contributed by atoms with Crippen LogP contribution in [0.25, 0.3) is 16.5 Å². The first-order chi connectivity index (χ1) is 18.5. The molecule has 1 amide bonds. The summed E-state index contributed by atoms with van der Waals surface area (Å²) in [6, 6.07) is 19.1. The fourth-order valence-corrected chi connectivity index (χ4v) is 4.83. The van der Waals surface area contributed by atoms with Crippen LogP contribution in [0.2, 0.25) is 0 Å². The lowest BCUT2D eigenvalue weighted by atomic mass is 9.94. The molecule has 1 fully saturated rings. The minimum absolute atomic E-state index is 0.0246. The highest BCUT2D eigenvalue weighted by atomic mass is 16.5. The van der Waals surface area contributed by atoms with Crippen LogP contribution in [0.5, 0.6) is 17.2 Å². The number of carbonyl (C=O) groups is 2. The summed E-state index contributed by atoms with van der Waals surface area (Å²) >= 11 is 0. The molecule has 2 heterocycles. The standard InChI is InChI=1S/C30H26N2O6/c1-36-23-14-22(15-24(37-2)29(23)38-3)26-25(27(33)21-11-10-19-8-4-5-9-20(19)13-21)28(34)30(35)32(26)17-18-7-6-12-31-16-18/h4-16,26,33H,17H2,1-3H3/b27-25+. The molecule has 8 heteroatoms. The number of Topliss-reactive ketones (excluding diaryl/α,β-unsaturated/α-hetero) is 1. The normalized spacial score (nSPS) is 16.6. The predicted molar refractivity (Wildman–Crippen MR) is 142 cm³/mol. The van der Waals surface area contributed by atoms with Crippen LogP contribution in [0, 0.1) is 0 Å². The van der Waals surface area contributed by atoms with E-state index in [2.05, 4.69) is 4.98 Å². The van der Waals surface area contributed by atoms with Crippen LogP contribution in [-0.4, -0.2) is 48.0 Å². The molecule has 8 nitrogen and oxygen atoms in total. The van der Waals surface area contributed by atoms with Gasteiger partial charge in [-0.1, -0.05) is 42.5 Å². The summed E-state index contributed by atoms with van der Waals surface area (Å²) in [6.07, 6.45) is 3.27. The Bertz CT molecular complexity index is 1540. The molecular weight excluding hydrogens is 484 g/mol. The molecule has 1 aromatic heterocycles. The lowest BCUT2D eigenvalue weighted by Crippen LogP contribution is -2.29. The summed E-state index contributed by atoms with van der Waals surface area (Å²) in [6.45, 7) is 0.105. The number of likely N-dealkylation sites (tertiary alicyclic amines) is 1. The fraction of sp³-hybridized carbons (Fsp3) is 0.167. The molecule has 1 aliphatic rings. The topological polar surface area (TPSA) is 98.2 Å². The second kappa shape index (κ2) is 10.3. The summed E-state index contributed by atoms with van der Waals surface area (Å²) < 4.78 is 16.5. The summed E-state index contributed by atoms with van der Waals surface area (Å²) in [4.78, 5) is 32.5. The number of hydrogen-bond donors (Lipinski definition) is 1. The van der Waals surface area contributed by atoms with Crippen molar-refractivity contribution in [1.82, 2.24) is 9.88 Å². The van der Waals surface area contributed by atoms with Crippen molar-refractivity contribution in [2.75, 3.05) is 21.3 Å². The van der Waals surface area contributed by atoms with Crippen LogP contribution in [0.15, 0.2) is 84.7 Å². The second-order valence-corrected chi connectivity index (χ2v) is 8.81. The minimum atomic E-state index is -0.921. The number of aliphatic hydroxyl groups excluding tert-OH is 1. The van der Waals surface area contributed by atoms with E-state index in [1.807, 2.05) is 36.4 Å². The van der Waals surface area contributed by atoms with Crippen molar-refractivity contribution in [3.8, 4) is 17.2 Å². The van der Waals surface area contributed by atoms with Gasteiger partial charge in [0.25, 0.3) is 11.7 Å². The van der Waals surface area contributed by atoms with Crippen molar-refractivity contribution in [2.24, 2.45) is 0 Å². The van der Waals surface area contributed by atoms with Gasteiger partial charge >= 0.3 is 0 Å². The third kappa shape index (κ3) is 4.30. The van der Waals surface area contributed by atoms with Crippen molar-refractivity contribution in [2.45, 2.75) is 12.6 Å². The van der Waals surface area contributed by atoms with Gasteiger partial charge in [-0.2, -0.15) is 0 Å². The lowest BCUT2D eigenvalue weighted by Gasteiger charge is -2.26. The molecule has 1 unspecified atom stereocenters. The number of hydrogen-bond acceptors (Lipinski definition) is 7. The van der Waals surface area contributed by atoms with Crippen LogP contribution < -0.4 is 14.2 Å². The summed E-state index contributed by atoms with van der Waals surface area (Å²) in [5, 5.41) is 13.4. The van der Waals surface area contributed by atoms with E-state index in [4.69, 9.17) is 14.2 Å². The molecule has 1 saturated heterocycles. The van der Waals surface area contributed by atoms with Crippen LogP contribution >= 0.6 is 0 Å². The number of nitrogens with zero attached hydrogens (tertiary/aromatic N) is 2. The van der Waals surface area contributed by atoms with Crippen LogP contribution in [0.3, 0.4) is 0 Å². The van der Waals surface area contributed by atoms with Gasteiger partial charge in [-0.3, -0.25) is 14.6 Å². The SMILES string of the molecule is COc1cc(C2/C(=C(\O)c3ccc4ccccc4c3)C(=O)C(=O)N2Cc2cccnc2)cc(OC)c1OC. The quantitative estimate of drug-likeness (QED) is 0.215. The average molecular weight is 511 g/mol. The Balaban J connectivity index is 1.72. The molecule has 0 bridgehead atoms. The van der Waals surface area contributed by atoms with E-state index in [9.17, 15) is 14.7 Å². The van der Waals surface area contributed by atoms with Crippen molar-refractivity contribution < 1.29 is 28.9 Å². The summed E-state index contributed by atoms with van der Waals surface area (Å²) in [5.74, 6) is -0.675. The van der Waals surface area contributed by atoms with Crippen molar-refractivity contribution in [1.29, 1.82) is 0 Å². The Morgan fingerprint density at radius 2 is 1.61 bits per heavy atom. The van der Waals surface area contributed by atoms with Gasteiger partial charge in [0.05, 0.1) is 32.9 Å². The fourth-order valence-electron chi connectivity index (χ4n) is 4.83. The van der Waals surface area contributed by atoms with Crippen molar-refractivity contribution >= 4 is 28.2 Å². The first-order valence-corrected chi connectivity index (χ1v) is 11.9. The molecule has 1 N–H and O–H groups in total. The average Bonchev–Trinajstić information content (AvgIpc) is 3.21. The molecule has 38 heavy (non-hydrogen) atoms. The maximum atomic E-state index is 13.5. The maximum absolute atomic E-state index is 13.5. The van der Waals surface area contributed by atoms with Gasteiger partial charge in [-0.15, -0.1) is 0 Å². The Labute approximate surface area is 219 Å². The number of aromatic nitrogens is 1. The Morgan fingerprint density at radius 3 is 2.24 bits per heavy atom. The predicted octanol–water partition coefficient (Wildman–Crippen LogP) is 4.88. The zero-order valence-electron chi connectivity index (χ0n) is 21.2. The van der Waals surface area contributed by atoms with Crippen LogP contribution in [0.1, 0.15) is 22.7 Å². The van der Waals surface area contributed by atoms with E-state index in [-0.39, 0.29) is 17.9 Å². The van der Waals surface area contributed by atoms with E-state index in [0.29, 0.717) is 28.4 Å². The Morgan fingerprint density at radius 1 is 0.895 bits per heavy atom. The maximum Gasteiger partial charge on any atom is 0.295 e. The summed E-state index contributed by atoms with van der Waals surface area (Å²) in [5.41, 5.74) is 1.66. The number of benzene rings is 3. The zero-order valence-corrected chi connectivity index (χ0v) is 21.2. The van der Waals surface area contributed by atoms with E-state index >= 15 is 0 Å². The largest absolute Gasteiger partial charge is 0.507 e. The third-order valence-corrected chi connectivity index (χ3v) is 6.64. The molecule has 1 aliphatic heterocycles. The molecule has 0 radical (unpaired) electrons. The molecule has 0 spiro atoms. The number of ether oxygens (including phenoxy) is 3. The zero-order chi connectivity index (χ0) is 26.8. The molecule has 1 atom stereocenters. The molecule has 192 valence electrons. The molecule has 0 saturated carbocycles. The highest BCUT2D eigenvalue weighted by Gasteiger charge is 2.46. The van der Waals surface area contributed by atoms with E-state index in [0.717, 1.165) is 16.3 Å². The number of rotatable bonds is 7. The van der Waals surface area contributed by atoms with Gasteiger partial charge in [-0.05, 0) is 46.2 Å². The molecule has 0 aliphatic carbocycles. The van der Waals surface area contributed by atoms with Gasteiger partial charge in [-0.25, -0.2) is 0 Å². The number of carbonyl (C=O) groups excluding carboxylic acids is 2. The number of fused-ring (bicyclic) bond motifs is 1. The van der Waals surface area contributed by atoms with Gasteiger partial charge in [0, 0.05) is 24.5 Å². The first-order valence-electron chi connectivity index (χ1n) is 11.9. The number of ketones is 1. The highest BCUT2D eigenvalue weighted by molar-refractivity contribution is 6.46. The van der Waals surface area contributed by atoms with E-state index in [1.165, 1.54) is 26.2 Å². The third-order valence-electron chi connectivity index (χ3n) is 6.64. The molecule has 4 aromatic rings. The molecule has 3 aromatic carbocycles. The summed E-state index contributed by atoms with van der Waals surface area (Å²) in [7, 11) is 4.47. The van der Waals surface area contributed by atoms with Crippen molar-refractivity contribution in [3.05, 3.63) is 101 Å². The van der Waals surface area contributed by atoms with E-state index in [1.54, 1.807) is 42.7 Å². The van der Waals surface area contributed by atoms with E-state index < -0.39 is 17.7 Å². The number of methoxy groups -OCH3 is 3. The van der Waals surface area contributed by atoms with Crippen LogP contribution in [-0.2, 0) is 16.1 Å². The van der Waals surface area contributed by atoms with Gasteiger partial charge in [0.1, 0.15) is 5.76 Å².